The molecule has 4 heterocycles. The molecule has 0 saturated carbocycles. The summed E-state index contributed by atoms with van der Waals surface area (Å²) in [7, 11) is 0. The molecule has 0 aliphatic carbocycles. The van der Waals surface area contributed by atoms with Crippen LogP contribution in [0.15, 0.2) is 158 Å². The maximum absolute atomic E-state index is 2.57. The third-order valence-corrected chi connectivity index (χ3v) is 12.1. The highest BCUT2D eigenvalue weighted by atomic mass is 15.3. The highest BCUT2D eigenvalue weighted by molar-refractivity contribution is 6.89. The summed E-state index contributed by atoms with van der Waals surface area (Å²) in [5.41, 5.74) is 20.3. The Kier molecular flexibility index (Phi) is 6.79. The number of hydrogen-bond acceptors (Lipinski definition) is 4. The fourth-order valence-electron chi connectivity index (χ4n) is 9.53. The van der Waals surface area contributed by atoms with Crippen LogP contribution in [0.4, 0.5) is 45.5 Å². The van der Waals surface area contributed by atoms with Crippen molar-refractivity contribution in [2.24, 2.45) is 0 Å². The van der Waals surface area contributed by atoms with E-state index in [1.165, 1.54) is 89.8 Å². The first-order valence-corrected chi connectivity index (χ1v) is 19.4. The molecule has 4 nitrogen and oxygen atoms in total. The molecule has 0 atom stereocenters. The summed E-state index contributed by atoms with van der Waals surface area (Å²) in [6, 6.07) is 59.5. The van der Waals surface area contributed by atoms with Gasteiger partial charge in [0.2, 0.25) is 0 Å². The van der Waals surface area contributed by atoms with E-state index in [4.69, 9.17) is 0 Å². The Morgan fingerprint density at radius 1 is 0.333 bits per heavy atom. The standard InChI is InChI=1S/C48H40B2N4/c1-31(2)33-21-25-35(26-22-33)51-45-17-9-11-19-47(45)53-43-15-7-5-13-37(43)39-30-42-40(29-41(39)49(51)53)38-14-6-8-16-44(38)54-48-20-12-10-18-46(48)52(50(42)54)36-27-23-34(24-28-36)32(3)4/h5-32H,1-4H3. The number of fused-ring (bicyclic) bond motifs is 16. The van der Waals surface area contributed by atoms with E-state index in [2.05, 4.69) is 205 Å². The Labute approximate surface area is 319 Å². The Morgan fingerprint density at radius 2 is 0.648 bits per heavy atom. The molecule has 54 heavy (non-hydrogen) atoms. The molecule has 0 N–H and O–H groups in total. The zero-order chi connectivity index (χ0) is 36.2. The monoisotopic (exact) mass is 694 g/mol. The second-order valence-corrected chi connectivity index (χ2v) is 15.8. The molecule has 0 saturated heterocycles. The van der Waals surface area contributed by atoms with Crippen LogP contribution >= 0.6 is 0 Å². The van der Waals surface area contributed by atoms with E-state index in [0.717, 1.165) is 0 Å². The minimum Gasteiger partial charge on any atom is -0.360 e. The van der Waals surface area contributed by atoms with Crippen LogP contribution in [0.3, 0.4) is 0 Å². The molecule has 0 amide bonds. The summed E-state index contributed by atoms with van der Waals surface area (Å²) >= 11 is 0. The molecule has 4 aliphatic heterocycles. The van der Waals surface area contributed by atoms with E-state index < -0.39 is 0 Å². The van der Waals surface area contributed by atoms with Crippen LogP contribution in [-0.4, -0.2) is 14.0 Å². The minimum atomic E-state index is -0.0480. The van der Waals surface area contributed by atoms with Crippen molar-refractivity contribution in [3.63, 3.8) is 0 Å². The molecule has 258 valence electrons. The summed E-state index contributed by atoms with van der Waals surface area (Å²) in [5.74, 6) is 0.952. The van der Waals surface area contributed by atoms with Gasteiger partial charge in [-0.2, -0.15) is 0 Å². The molecule has 11 rings (SSSR count). The number of anilines is 8. The van der Waals surface area contributed by atoms with Crippen molar-refractivity contribution < 1.29 is 0 Å². The van der Waals surface area contributed by atoms with Gasteiger partial charge in [0.15, 0.2) is 0 Å². The molecule has 4 aliphatic rings. The summed E-state index contributed by atoms with van der Waals surface area (Å²) in [6.45, 7) is 8.97. The van der Waals surface area contributed by atoms with Crippen molar-refractivity contribution in [1.82, 2.24) is 0 Å². The average Bonchev–Trinajstić information content (AvgIpc) is 3.75. The fraction of sp³-hybridized carbons (Fsp3) is 0.125. The van der Waals surface area contributed by atoms with Crippen molar-refractivity contribution >= 4 is 70.4 Å². The van der Waals surface area contributed by atoms with Crippen LogP contribution in [0.25, 0.3) is 22.3 Å². The molecule has 7 aromatic carbocycles. The Morgan fingerprint density at radius 3 is 1.00 bits per heavy atom. The van der Waals surface area contributed by atoms with Gasteiger partial charge in [-0.1, -0.05) is 125 Å². The van der Waals surface area contributed by atoms with Gasteiger partial charge in [0.25, 0.3) is 0 Å². The molecule has 6 heteroatoms. The van der Waals surface area contributed by atoms with Crippen molar-refractivity contribution in [3.8, 4) is 22.3 Å². The number of para-hydroxylation sites is 6. The largest absolute Gasteiger partial charge is 0.421 e. The van der Waals surface area contributed by atoms with Crippen molar-refractivity contribution in [2.45, 2.75) is 39.5 Å². The van der Waals surface area contributed by atoms with Gasteiger partial charge in [0.05, 0.1) is 22.7 Å². The van der Waals surface area contributed by atoms with Crippen molar-refractivity contribution in [2.75, 3.05) is 19.2 Å². The van der Waals surface area contributed by atoms with Crippen LogP contribution in [0.2, 0.25) is 0 Å². The number of benzene rings is 7. The van der Waals surface area contributed by atoms with E-state index >= 15 is 0 Å². The molecule has 0 bridgehead atoms. The molecular weight excluding hydrogens is 654 g/mol. The summed E-state index contributed by atoms with van der Waals surface area (Å²) in [6.07, 6.45) is 0. The highest BCUT2D eigenvalue weighted by Gasteiger charge is 2.52. The topological polar surface area (TPSA) is 13.0 Å². The van der Waals surface area contributed by atoms with Crippen LogP contribution in [0.1, 0.15) is 50.7 Å². The van der Waals surface area contributed by atoms with Gasteiger partial charge >= 0.3 is 14.0 Å². The molecule has 0 spiro atoms. The zero-order valence-corrected chi connectivity index (χ0v) is 31.1. The smallest absolute Gasteiger partial charge is 0.360 e. The lowest BCUT2D eigenvalue weighted by molar-refractivity contribution is 0.866. The van der Waals surface area contributed by atoms with E-state index in [1.807, 2.05) is 0 Å². The van der Waals surface area contributed by atoms with Crippen LogP contribution in [0.5, 0.6) is 0 Å². The molecule has 0 fully saturated rings. The number of hydrogen-bond donors (Lipinski definition) is 0. The minimum absolute atomic E-state index is 0.0480. The summed E-state index contributed by atoms with van der Waals surface area (Å²) in [4.78, 5) is 10.3. The highest BCUT2D eigenvalue weighted by Crippen LogP contribution is 2.54. The first kappa shape index (κ1) is 31.4. The molecule has 0 aromatic heterocycles. The van der Waals surface area contributed by atoms with E-state index in [-0.39, 0.29) is 14.0 Å². The van der Waals surface area contributed by atoms with Gasteiger partial charge in [-0.05, 0) is 106 Å². The number of rotatable bonds is 4. The average molecular weight is 695 g/mol. The Balaban J connectivity index is 1.17. The normalized spacial score (nSPS) is 14.4. The molecule has 0 unspecified atom stereocenters. The van der Waals surface area contributed by atoms with Gasteiger partial charge in [-0.3, -0.25) is 0 Å². The quantitative estimate of drug-likeness (QED) is 0.170. The summed E-state index contributed by atoms with van der Waals surface area (Å²) < 4.78 is 0. The van der Waals surface area contributed by atoms with Gasteiger partial charge in [-0.15, -0.1) is 0 Å². The van der Waals surface area contributed by atoms with Gasteiger partial charge in [0.1, 0.15) is 0 Å². The first-order valence-electron chi connectivity index (χ1n) is 19.4. The molecular formula is C48H40B2N4. The Bertz CT molecular complexity index is 2430. The van der Waals surface area contributed by atoms with Crippen LogP contribution in [-0.2, 0) is 0 Å². The van der Waals surface area contributed by atoms with E-state index in [0.29, 0.717) is 11.8 Å². The van der Waals surface area contributed by atoms with E-state index in [1.54, 1.807) is 0 Å². The second kappa shape index (κ2) is 11.7. The second-order valence-electron chi connectivity index (χ2n) is 15.8. The number of nitrogens with zero attached hydrogens (tertiary/aromatic N) is 4. The molecule has 7 aromatic rings. The maximum Gasteiger partial charge on any atom is 0.421 e. The predicted octanol–water partition coefficient (Wildman–Crippen LogP) is 11.3. The lowest BCUT2D eigenvalue weighted by Crippen LogP contribution is -2.59. The summed E-state index contributed by atoms with van der Waals surface area (Å²) in [5, 5.41) is 0. The predicted molar refractivity (Wildman–Crippen MR) is 231 cm³/mol. The first-order chi connectivity index (χ1) is 26.5. The lowest BCUT2D eigenvalue weighted by atomic mass is 9.54. The zero-order valence-electron chi connectivity index (χ0n) is 31.1. The van der Waals surface area contributed by atoms with Gasteiger partial charge in [-0.25, -0.2) is 0 Å². The third kappa shape index (κ3) is 4.34. The van der Waals surface area contributed by atoms with E-state index in [9.17, 15) is 0 Å². The SMILES string of the molecule is CC(C)c1ccc(N2B3c4cc5c(cc4-c4ccccc4N3c3ccccc32)B2N(c3ccc(C(C)C)cc3)c3ccccc3N2c2ccccc2-5)cc1. The van der Waals surface area contributed by atoms with Crippen LogP contribution < -0.4 is 30.2 Å². The van der Waals surface area contributed by atoms with Gasteiger partial charge < -0.3 is 19.2 Å². The van der Waals surface area contributed by atoms with Crippen LogP contribution in [0, 0.1) is 0 Å². The van der Waals surface area contributed by atoms with Crippen molar-refractivity contribution in [3.05, 3.63) is 169 Å². The Hall–Kier alpha value is -6.13. The van der Waals surface area contributed by atoms with Crippen molar-refractivity contribution in [1.29, 1.82) is 0 Å². The maximum atomic E-state index is 2.57. The fourth-order valence-corrected chi connectivity index (χ4v) is 9.53. The molecule has 0 radical (unpaired) electrons. The van der Waals surface area contributed by atoms with Gasteiger partial charge in [0, 0.05) is 33.9 Å². The third-order valence-electron chi connectivity index (χ3n) is 12.1. The lowest BCUT2D eigenvalue weighted by Gasteiger charge is -2.40.